The summed E-state index contributed by atoms with van der Waals surface area (Å²) in [4.78, 5) is 0. The topological polar surface area (TPSA) is 35.8 Å². The zero-order chi connectivity index (χ0) is 11.8. The summed E-state index contributed by atoms with van der Waals surface area (Å²) in [6.07, 6.45) is 3.79. The molecule has 2 nitrogen and oxygen atoms in total. The van der Waals surface area contributed by atoms with Gasteiger partial charge in [0.1, 0.15) is 0 Å². The first-order chi connectivity index (χ1) is 7.72. The van der Waals surface area contributed by atoms with E-state index in [4.69, 9.17) is 5.26 Å². The van der Waals surface area contributed by atoms with E-state index >= 15 is 0 Å². The molecule has 0 unspecified atom stereocenters. The summed E-state index contributed by atoms with van der Waals surface area (Å²) in [6.45, 7) is 5.53. The highest BCUT2D eigenvalue weighted by atomic mass is 14.9. The number of benzene rings is 1. The van der Waals surface area contributed by atoms with E-state index < -0.39 is 0 Å². The van der Waals surface area contributed by atoms with Crippen molar-refractivity contribution in [3.05, 3.63) is 29.8 Å². The van der Waals surface area contributed by atoms with E-state index in [1.807, 2.05) is 24.3 Å². The van der Waals surface area contributed by atoms with Crippen molar-refractivity contribution in [1.82, 2.24) is 0 Å². The predicted molar refractivity (Wildman–Crippen MR) is 68.3 cm³/mol. The van der Waals surface area contributed by atoms with E-state index in [9.17, 15) is 0 Å². The number of unbranched alkanes of at least 4 members (excludes halogenated alkanes) is 1. The normalized spacial score (nSPS) is 10.1. The van der Waals surface area contributed by atoms with Gasteiger partial charge in [0.25, 0.3) is 0 Å². The summed E-state index contributed by atoms with van der Waals surface area (Å²) < 4.78 is 0. The average molecular weight is 216 g/mol. The Bertz CT molecular complexity index is 333. The number of nitriles is 1. The summed E-state index contributed by atoms with van der Waals surface area (Å²) in [6, 6.07) is 9.72. The number of hydrogen-bond donors (Lipinski definition) is 1. The standard InChI is InChI=1S/C14H20N2/c1-12(2)5-3-4-10-16-14-8-6-13(11-15)7-9-14/h6-9,12,16H,3-5,10H2,1-2H3. The van der Waals surface area contributed by atoms with Crippen LogP contribution in [-0.2, 0) is 0 Å². The molecular formula is C14H20N2. The van der Waals surface area contributed by atoms with Gasteiger partial charge in [0.15, 0.2) is 0 Å². The lowest BCUT2D eigenvalue weighted by atomic mass is 10.1. The number of nitrogens with zero attached hydrogens (tertiary/aromatic N) is 1. The Hall–Kier alpha value is -1.49. The highest BCUT2D eigenvalue weighted by molar-refractivity contribution is 5.46. The molecule has 0 aliphatic heterocycles. The molecule has 0 saturated heterocycles. The molecule has 1 rings (SSSR count). The Morgan fingerprint density at radius 1 is 1.19 bits per heavy atom. The van der Waals surface area contributed by atoms with Gasteiger partial charge in [0.2, 0.25) is 0 Å². The van der Waals surface area contributed by atoms with Crippen molar-refractivity contribution in [3.63, 3.8) is 0 Å². The van der Waals surface area contributed by atoms with Crippen LogP contribution in [0.3, 0.4) is 0 Å². The third kappa shape index (κ3) is 4.84. The number of rotatable bonds is 6. The van der Waals surface area contributed by atoms with Crippen molar-refractivity contribution in [2.24, 2.45) is 5.92 Å². The molecule has 2 heteroatoms. The van der Waals surface area contributed by atoms with Gasteiger partial charge in [0.05, 0.1) is 11.6 Å². The van der Waals surface area contributed by atoms with Crippen LogP contribution in [0.2, 0.25) is 0 Å². The number of anilines is 1. The third-order valence-electron chi connectivity index (χ3n) is 2.55. The first-order valence-electron chi connectivity index (χ1n) is 5.96. The van der Waals surface area contributed by atoms with Crippen molar-refractivity contribution in [2.75, 3.05) is 11.9 Å². The average Bonchev–Trinajstić information content (AvgIpc) is 2.29. The molecule has 0 aromatic heterocycles. The summed E-state index contributed by atoms with van der Waals surface area (Å²) in [5, 5.41) is 12.0. The first kappa shape index (κ1) is 12.6. The van der Waals surface area contributed by atoms with E-state index in [0.717, 1.165) is 18.2 Å². The molecule has 0 saturated carbocycles. The van der Waals surface area contributed by atoms with Gasteiger partial charge >= 0.3 is 0 Å². The second kappa shape index (κ2) is 6.90. The highest BCUT2D eigenvalue weighted by Crippen LogP contribution is 2.10. The Labute approximate surface area is 98.3 Å². The molecule has 0 aliphatic rings. The van der Waals surface area contributed by atoms with Crippen molar-refractivity contribution in [1.29, 1.82) is 5.26 Å². The maximum Gasteiger partial charge on any atom is 0.0991 e. The van der Waals surface area contributed by atoms with Crippen LogP contribution in [0.4, 0.5) is 5.69 Å². The van der Waals surface area contributed by atoms with Crippen LogP contribution in [0.25, 0.3) is 0 Å². The predicted octanol–water partition coefficient (Wildman–Crippen LogP) is 3.80. The molecule has 0 radical (unpaired) electrons. The van der Waals surface area contributed by atoms with Crippen LogP contribution in [0.1, 0.15) is 38.7 Å². The molecule has 16 heavy (non-hydrogen) atoms. The number of nitrogens with one attached hydrogen (secondary N) is 1. The smallest absolute Gasteiger partial charge is 0.0991 e. The van der Waals surface area contributed by atoms with Gasteiger partial charge in [0, 0.05) is 12.2 Å². The summed E-state index contributed by atoms with van der Waals surface area (Å²) in [5.74, 6) is 0.801. The van der Waals surface area contributed by atoms with Crippen LogP contribution in [0, 0.1) is 17.2 Å². The lowest BCUT2D eigenvalue weighted by molar-refractivity contribution is 0.545. The molecule has 0 bridgehead atoms. The van der Waals surface area contributed by atoms with Gasteiger partial charge in [-0.25, -0.2) is 0 Å². The molecule has 86 valence electrons. The minimum absolute atomic E-state index is 0.713. The Morgan fingerprint density at radius 2 is 1.88 bits per heavy atom. The maximum absolute atomic E-state index is 8.66. The third-order valence-corrected chi connectivity index (χ3v) is 2.55. The van der Waals surface area contributed by atoms with Crippen molar-refractivity contribution < 1.29 is 0 Å². The van der Waals surface area contributed by atoms with E-state index in [-0.39, 0.29) is 0 Å². The van der Waals surface area contributed by atoms with Gasteiger partial charge in [-0.1, -0.05) is 26.7 Å². The first-order valence-corrected chi connectivity index (χ1v) is 5.96. The molecule has 0 spiro atoms. The van der Waals surface area contributed by atoms with Crippen LogP contribution in [-0.4, -0.2) is 6.54 Å². The van der Waals surface area contributed by atoms with E-state index in [1.54, 1.807) is 0 Å². The largest absolute Gasteiger partial charge is 0.385 e. The Morgan fingerprint density at radius 3 is 2.44 bits per heavy atom. The molecule has 0 aliphatic carbocycles. The molecule has 1 aromatic rings. The van der Waals surface area contributed by atoms with Crippen molar-refractivity contribution >= 4 is 5.69 Å². The van der Waals surface area contributed by atoms with Crippen molar-refractivity contribution in [2.45, 2.75) is 33.1 Å². The fourth-order valence-corrected chi connectivity index (χ4v) is 1.57. The van der Waals surface area contributed by atoms with Crippen LogP contribution >= 0.6 is 0 Å². The van der Waals surface area contributed by atoms with Gasteiger partial charge in [-0.05, 0) is 36.6 Å². The van der Waals surface area contributed by atoms with Crippen LogP contribution < -0.4 is 5.32 Å². The molecule has 0 amide bonds. The summed E-state index contributed by atoms with van der Waals surface area (Å²) >= 11 is 0. The highest BCUT2D eigenvalue weighted by Gasteiger charge is 1.95. The van der Waals surface area contributed by atoms with Gasteiger partial charge in [-0.2, -0.15) is 5.26 Å². The summed E-state index contributed by atoms with van der Waals surface area (Å²) in [7, 11) is 0. The minimum atomic E-state index is 0.713. The lowest BCUT2D eigenvalue weighted by Crippen LogP contribution is -2.01. The van der Waals surface area contributed by atoms with Gasteiger partial charge in [-0.15, -0.1) is 0 Å². The number of hydrogen-bond acceptors (Lipinski definition) is 2. The van der Waals surface area contributed by atoms with E-state index in [1.165, 1.54) is 19.3 Å². The molecule has 1 aromatic carbocycles. The zero-order valence-electron chi connectivity index (χ0n) is 10.2. The van der Waals surface area contributed by atoms with Crippen LogP contribution in [0.15, 0.2) is 24.3 Å². The van der Waals surface area contributed by atoms with Gasteiger partial charge in [-0.3, -0.25) is 0 Å². The van der Waals surface area contributed by atoms with E-state index in [0.29, 0.717) is 5.56 Å². The molecule has 0 heterocycles. The zero-order valence-corrected chi connectivity index (χ0v) is 10.2. The molecular weight excluding hydrogens is 196 g/mol. The Kier molecular flexibility index (Phi) is 5.42. The fourth-order valence-electron chi connectivity index (χ4n) is 1.57. The quantitative estimate of drug-likeness (QED) is 0.734. The maximum atomic E-state index is 8.66. The van der Waals surface area contributed by atoms with Crippen molar-refractivity contribution in [3.8, 4) is 6.07 Å². The van der Waals surface area contributed by atoms with E-state index in [2.05, 4.69) is 25.2 Å². The monoisotopic (exact) mass is 216 g/mol. The van der Waals surface area contributed by atoms with Crippen LogP contribution in [0.5, 0.6) is 0 Å². The lowest BCUT2D eigenvalue weighted by Gasteiger charge is -2.07. The summed E-state index contributed by atoms with van der Waals surface area (Å²) in [5.41, 5.74) is 1.81. The van der Waals surface area contributed by atoms with Gasteiger partial charge < -0.3 is 5.32 Å². The molecule has 1 N–H and O–H groups in total. The second-order valence-corrected chi connectivity index (χ2v) is 4.51. The second-order valence-electron chi connectivity index (χ2n) is 4.51. The molecule has 0 atom stereocenters. The SMILES string of the molecule is CC(C)CCCCNc1ccc(C#N)cc1. The molecule has 0 fully saturated rings. The minimum Gasteiger partial charge on any atom is -0.385 e. The fraction of sp³-hybridized carbons (Fsp3) is 0.500. The Balaban J connectivity index is 2.20.